The van der Waals surface area contributed by atoms with Crippen molar-refractivity contribution < 1.29 is 23.1 Å². The highest BCUT2D eigenvalue weighted by Gasteiger charge is 2.48. The van der Waals surface area contributed by atoms with Crippen LogP contribution < -0.4 is 0 Å². The summed E-state index contributed by atoms with van der Waals surface area (Å²) in [6.07, 6.45) is -0.00720. The Morgan fingerprint density at radius 1 is 1.19 bits per heavy atom. The molecule has 8 nitrogen and oxygen atoms in total. The number of benzene rings is 2. The van der Waals surface area contributed by atoms with Crippen LogP contribution in [-0.4, -0.2) is 60.4 Å². The quantitative estimate of drug-likeness (QED) is 0.686. The Morgan fingerprint density at radius 2 is 1.94 bits per heavy atom. The van der Waals surface area contributed by atoms with Crippen molar-refractivity contribution in [2.45, 2.75) is 43.0 Å². The number of carbonyl (C=O) groups excluding carboxylic acids is 1. The Kier molecular flexibility index (Phi) is 5.06. The van der Waals surface area contributed by atoms with Crippen LogP contribution in [-0.2, 0) is 21.4 Å². The monoisotopic (exact) mass is 453 g/mol. The predicted molar refractivity (Wildman–Crippen MR) is 114 cm³/mol. The minimum atomic E-state index is -3.63. The Balaban J connectivity index is 1.28. The van der Waals surface area contributed by atoms with Gasteiger partial charge in [-0.3, -0.25) is 4.90 Å². The topological polar surface area (TPSA) is 111 Å². The lowest BCUT2D eigenvalue weighted by Gasteiger charge is -2.34. The van der Waals surface area contributed by atoms with Gasteiger partial charge in [-0.05, 0) is 54.8 Å². The molecule has 2 bridgehead atoms. The van der Waals surface area contributed by atoms with Gasteiger partial charge in [-0.25, -0.2) is 13.2 Å². The number of ether oxygens (including phenoxy) is 1. The van der Waals surface area contributed by atoms with E-state index in [1.54, 1.807) is 16.4 Å². The van der Waals surface area contributed by atoms with Crippen molar-refractivity contribution in [1.82, 2.24) is 9.21 Å². The third-order valence-electron chi connectivity index (χ3n) is 6.87. The van der Waals surface area contributed by atoms with E-state index in [1.165, 1.54) is 24.3 Å². The van der Waals surface area contributed by atoms with Crippen molar-refractivity contribution in [3.63, 3.8) is 0 Å². The molecule has 2 saturated heterocycles. The van der Waals surface area contributed by atoms with Crippen LogP contribution in [0.3, 0.4) is 0 Å². The van der Waals surface area contributed by atoms with Crippen LogP contribution in [0, 0.1) is 18.3 Å². The molecular weight excluding hydrogens is 430 g/mol. The lowest BCUT2D eigenvalue weighted by molar-refractivity contribution is 0.0535. The summed E-state index contributed by atoms with van der Waals surface area (Å²) in [6, 6.07) is 11.4. The highest BCUT2D eigenvalue weighted by Crippen LogP contribution is 2.37. The van der Waals surface area contributed by atoms with Gasteiger partial charge in [-0.1, -0.05) is 6.07 Å². The van der Waals surface area contributed by atoms with E-state index in [2.05, 4.69) is 4.90 Å². The van der Waals surface area contributed by atoms with E-state index in [4.69, 9.17) is 10.00 Å². The summed E-state index contributed by atoms with van der Waals surface area (Å²) in [5, 5.41) is 19.8. The molecule has 2 aromatic rings. The minimum Gasteiger partial charge on any atom is -0.457 e. The summed E-state index contributed by atoms with van der Waals surface area (Å²) < 4.78 is 32.8. The van der Waals surface area contributed by atoms with Gasteiger partial charge in [0, 0.05) is 37.3 Å². The maximum Gasteiger partial charge on any atom is 0.338 e. The van der Waals surface area contributed by atoms with E-state index >= 15 is 0 Å². The summed E-state index contributed by atoms with van der Waals surface area (Å²) in [4.78, 5) is 14.1. The molecule has 3 aliphatic heterocycles. The zero-order valence-corrected chi connectivity index (χ0v) is 18.4. The summed E-state index contributed by atoms with van der Waals surface area (Å²) in [6.45, 7) is 3.47. The number of rotatable bonds is 5. The lowest BCUT2D eigenvalue weighted by atomic mass is 9.95. The van der Waals surface area contributed by atoms with Crippen LogP contribution in [0.25, 0.3) is 0 Å². The first-order valence-electron chi connectivity index (χ1n) is 10.5. The number of likely N-dealkylation sites (tertiary alicyclic amines) is 1. The first-order chi connectivity index (χ1) is 15.3. The maximum absolute atomic E-state index is 13.1. The fourth-order valence-electron chi connectivity index (χ4n) is 5.12. The van der Waals surface area contributed by atoms with E-state index in [-0.39, 0.29) is 29.6 Å². The Labute approximate surface area is 186 Å². The highest BCUT2D eigenvalue weighted by atomic mass is 32.2. The van der Waals surface area contributed by atoms with Crippen molar-refractivity contribution in [2.24, 2.45) is 0 Å². The molecule has 2 fully saturated rings. The van der Waals surface area contributed by atoms with Crippen molar-refractivity contribution in [1.29, 1.82) is 5.26 Å². The molecule has 166 valence electrons. The second kappa shape index (κ2) is 7.67. The van der Waals surface area contributed by atoms with Crippen LogP contribution in [0.5, 0.6) is 0 Å². The molecule has 0 aromatic heterocycles. The second-order valence-corrected chi connectivity index (χ2v) is 10.5. The van der Waals surface area contributed by atoms with E-state index < -0.39 is 16.1 Å². The SMILES string of the molecule is Cc1c([C@@H](O)CN2C[C@@H]3C[C@H]2CN3S(=O)(=O)c2ccc(C#N)cc2)ccc2c1COC2=O. The Morgan fingerprint density at radius 3 is 2.59 bits per heavy atom. The summed E-state index contributed by atoms with van der Waals surface area (Å²) >= 11 is 0. The smallest absolute Gasteiger partial charge is 0.338 e. The van der Waals surface area contributed by atoms with Gasteiger partial charge >= 0.3 is 5.97 Å². The molecule has 9 heteroatoms. The van der Waals surface area contributed by atoms with Gasteiger partial charge in [0.15, 0.2) is 0 Å². The molecule has 0 radical (unpaired) electrons. The fourth-order valence-corrected chi connectivity index (χ4v) is 6.78. The number of nitrogens with zero attached hydrogens (tertiary/aromatic N) is 3. The maximum atomic E-state index is 13.1. The summed E-state index contributed by atoms with van der Waals surface area (Å²) in [5.74, 6) is -0.329. The largest absolute Gasteiger partial charge is 0.457 e. The highest BCUT2D eigenvalue weighted by molar-refractivity contribution is 7.89. The lowest BCUT2D eigenvalue weighted by Crippen LogP contribution is -2.49. The third kappa shape index (κ3) is 3.31. The van der Waals surface area contributed by atoms with Gasteiger partial charge < -0.3 is 9.84 Å². The molecule has 32 heavy (non-hydrogen) atoms. The molecule has 0 spiro atoms. The summed E-state index contributed by atoms with van der Waals surface area (Å²) in [7, 11) is -3.63. The summed E-state index contributed by atoms with van der Waals surface area (Å²) in [5.41, 5.74) is 3.45. The molecule has 0 amide bonds. The van der Waals surface area contributed by atoms with Gasteiger partial charge in [0.25, 0.3) is 0 Å². The third-order valence-corrected chi connectivity index (χ3v) is 8.80. The zero-order chi connectivity index (χ0) is 22.6. The number of aliphatic hydroxyl groups excluding tert-OH is 1. The molecule has 2 aromatic carbocycles. The van der Waals surface area contributed by atoms with Crippen LogP contribution in [0.4, 0.5) is 0 Å². The average Bonchev–Trinajstić information content (AvgIpc) is 3.49. The molecule has 5 rings (SSSR count). The number of piperazine rings is 1. The normalized spacial score (nSPS) is 23.7. The van der Waals surface area contributed by atoms with Gasteiger partial charge in [0.05, 0.1) is 28.2 Å². The number of hydrogen-bond acceptors (Lipinski definition) is 7. The number of β-amino-alcohol motifs (C(OH)–C–C–N with tert-alkyl or cyclic N) is 1. The van der Waals surface area contributed by atoms with E-state index in [0.717, 1.165) is 23.1 Å². The number of esters is 1. The number of nitriles is 1. The number of fused-ring (bicyclic) bond motifs is 3. The van der Waals surface area contributed by atoms with Crippen molar-refractivity contribution in [3.05, 3.63) is 64.2 Å². The predicted octanol–water partition coefficient (Wildman–Crippen LogP) is 1.72. The molecule has 3 aliphatic rings. The molecular formula is C23H23N3O5S. The van der Waals surface area contributed by atoms with E-state index in [0.29, 0.717) is 30.8 Å². The van der Waals surface area contributed by atoms with E-state index in [9.17, 15) is 18.3 Å². The average molecular weight is 454 g/mol. The van der Waals surface area contributed by atoms with Crippen molar-refractivity contribution >= 4 is 16.0 Å². The Bertz CT molecular complexity index is 1240. The molecule has 0 saturated carbocycles. The molecule has 0 aliphatic carbocycles. The second-order valence-electron chi connectivity index (χ2n) is 8.61. The van der Waals surface area contributed by atoms with Crippen LogP contribution in [0.1, 0.15) is 45.1 Å². The van der Waals surface area contributed by atoms with Crippen molar-refractivity contribution in [2.75, 3.05) is 19.6 Å². The first-order valence-corrected chi connectivity index (χ1v) is 12.0. The van der Waals surface area contributed by atoms with Crippen LogP contribution in [0.15, 0.2) is 41.3 Å². The molecule has 3 heterocycles. The van der Waals surface area contributed by atoms with Crippen molar-refractivity contribution in [3.8, 4) is 6.07 Å². The van der Waals surface area contributed by atoms with Gasteiger partial charge in [-0.15, -0.1) is 0 Å². The molecule has 0 unspecified atom stereocenters. The number of sulfonamides is 1. The standard InChI is InChI=1S/C23H23N3O5S/c1-14-19(6-7-20-21(14)13-31-23(20)28)22(27)12-25-10-17-8-16(25)11-26(17)32(29,30)18-4-2-15(9-24)3-5-18/h2-7,16-17,22,27H,8,10-13H2,1H3/t16-,17-,22-/m0/s1. The Hall–Kier alpha value is -2.77. The van der Waals surface area contributed by atoms with Gasteiger partial charge in [0.1, 0.15) is 6.61 Å². The minimum absolute atomic E-state index is 0.0439. The van der Waals surface area contributed by atoms with Gasteiger partial charge in [0.2, 0.25) is 10.0 Å². The van der Waals surface area contributed by atoms with Crippen LogP contribution >= 0.6 is 0 Å². The number of aliphatic hydroxyl groups is 1. The number of carbonyl (C=O) groups is 1. The van der Waals surface area contributed by atoms with E-state index in [1.807, 2.05) is 13.0 Å². The van der Waals surface area contributed by atoms with Crippen LogP contribution in [0.2, 0.25) is 0 Å². The number of cyclic esters (lactones) is 1. The zero-order valence-electron chi connectivity index (χ0n) is 17.6. The van der Waals surface area contributed by atoms with Gasteiger partial charge in [-0.2, -0.15) is 9.57 Å². The number of hydrogen-bond donors (Lipinski definition) is 1. The molecule has 1 N–H and O–H groups in total. The fraction of sp³-hybridized carbons (Fsp3) is 0.391. The molecule has 3 atom stereocenters. The first kappa shape index (κ1) is 21.1.